The molecule has 0 aromatic carbocycles. The molecule has 3 heterocycles. The van der Waals surface area contributed by atoms with Gasteiger partial charge in [-0.1, -0.05) is 23.2 Å². The van der Waals surface area contributed by atoms with Crippen molar-refractivity contribution in [2.24, 2.45) is 0 Å². The maximum Gasteiger partial charge on any atom is 0.306 e. The predicted octanol–water partition coefficient (Wildman–Crippen LogP) is 3.72. The van der Waals surface area contributed by atoms with E-state index in [0.717, 1.165) is 5.56 Å². The van der Waals surface area contributed by atoms with Gasteiger partial charge in [-0.25, -0.2) is 4.98 Å². The Bertz CT molecular complexity index is 911. The molecule has 0 N–H and O–H groups in total. The molecule has 0 unspecified atom stereocenters. The van der Waals surface area contributed by atoms with Crippen molar-refractivity contribution in [2.45, 2.75) is 19.4 Å². The molecule has 6 nitrogen and oxygen atoms in total. The second-order valence-electron chi connectivity index (χ2n) is 5.36. The molecule has 130 valence electrons. The monoisotopic (exact) mass is 379 g/mol. The molecule has 3 rings (SSSR count). The molecule has 0 amide bonds. The van der Waals surface area contributed by atoms with Crippen molar-refractivity contribution >= 4 is 34.8 Å². The molecule has 3 aromatic heterocycles. The molecule has 0 spiro atoms. The fourth-order valence-electron chi connectivity index (χ4n) is 2.33. The lowest BCUT2D eigenvalue weighted by molar-refractivity contribution is -0.145. The van der Waals surface area contributed by atoms with Gasteiger partial charge in [0.15, 0.2) is 5.65 Å². The molecule has 0 saturated carbocycles. The molecule has 0 radical (unpaired) electrons. The highest BCUT2D eigenvalue weighted by molar-refractivity contribution is 6.36. The first-order chi connectivity index (χ1) is 12.0. The number of aromatic nitrogens is 3. The van der Waals surface area contributed by atoms with Crippen LogP contribution in [0.1, 0.15) is 17.7 Å². The Kier molecular flexibility index (Phi) is 5.40. The van der Waals surface area contributed by atoms with Crippen LogP contribution in [0.5, 0.6) is 5.75 Å². The number of fused-ring (bicyclic) bond motifs is 1. The number of ether oxygens (including phenoxy) is 2. The van der Waals surface area contributed by atoms with E-state index < -0.39 is 0 Å². The number of aryl methyl sites for hydroxylation is 1. The molecule has 0 saturated heterocycles. The molecule has 0 fully saturated rings. The number of esters is 1. The minimum atomic E-state index is -0.316. The van der Waals surface area contributed by atoms with Crippen molar-refractivity contribution < 1.29 is 14.3 Å². The maximum atomic E-state index is 11.9. The van der Waals surface area contributed by atoms with Crippen LogP contribution in [-0.2, 0) is 22.6 Å². The lowest BCUT2D eigenvalue weighted by Crippen LogP contribution is -2.06. The summed E-state index contributed by atoms with van der Waals surface area (Å²) >= 11 is 12.0. The normalized spacial score (nSPS) is 10.8. The number of halogens is 2. The van der Waals surface area contributed by atoms with E-state index in [1.165, 1.54) is 0 Å². The highest BCUT2D eigenvalue weighted by Crippen LogP contribution is 2.22. The fourth-order valence-corrected chi connectivity index (χ4v) is 2.86. The SMILES string of the molecule is COc1cncc(CCC(=O)OCc2cn3cc(Cl)cc(Cl)c3n2)c1. The number of carbonyl (C=O) groups is 1. The summed E-state index contributed by atoms with van der Waals surface area (Å²) in [6.45, 7) is 0.0742. The molecular formula is C17H15Cl2N3O3. The summed E-state index contributed by atoms with van der Waals surface area (Å²) in [7, 11) is 1.57. The number of hydrogen-bond acceptors (Lipinski definition) is 5. The number of rotatable bonds is 6. The van der Waals surface area contributed by atoms with E-state index in [9.17, 15) is 4.79 Å². The third kappa shape index (κ3) is 4.41. The number of carbonyl (C=O) groups excluding carboxylic acids is 1. The molecule has 0 aliphatic rings. The van der Waals surface area contributed by atoms with Gasteiger partial charge in [-0.05, 0) is 24.1 Å². The van der Waals surface area contributed by atoms with Crippen molar-refractivity contribution in [1.82, 2.24) is 14.4 Å². The van der Waals surface area contributed by atoms with Gasteiger partial charge < -0.3 is 13.9 Å². The minimum absolute atomic E-state index is 0.0742. The Morgan fingerprint density at radius 2 is 2.08 bits per heavy atom. The van der Waals surface area contributed by atoms with Gasteiger partial charge in [-0.15, -0.1) is 0 Å². The zero-order valence-corrected chi connectivity index (χ0v) is 14.9. The summed E-state index contributed by atoms with van der Waals surface area (Å²) in [5, 5.41) is 0.945. The van der Waals surface area contributed by atoms with Crippen LogP contribution in [0, 0.1) is 0 Å². The van der Waals surface area contributed by atoms with Gasteiger partial charge >= 0.3 is 5.97 Å². The third-order valence-electron chi connectivity index (χ3n) is 3.53. The van der Waals surface area contributed by atoms with Gasteiger partial charge in [0.05, 0.1) is 29.0 Å². The summed E-state index contributed by atoms with van der Waals surface area (Å²) in [6, 6.07) is 3.46. The number of pyridine rings is 2. The van der Waals surface area contributed by atoms with E-state index in [1.54, 1.807) is 42.4 Å². The Balaban J connectivity index is 1.56. The van der Waals surface area contributed by atoms with Crippen LogP contribution in [0.4, 0.5) is 0 Å². The lowest BCUT2D eigenvalue weighted by Gasteiger charge is -2.04. The summed E-state index contributed by atoms with van der Waals surface area (Å²) in [5.74, 6) is 0.343. The number of methoxy groups -OCH3 is 1. The fraction of sp³-hybridized carbons (Fsp3) is 0.235. The Hall–Kier alpha value is -2.31. The van der Waals surface area contributed by atoms with Gasteiger partial charge in [0.25, 0.3) is 0 Å². The first-order valence-electron chi connectivity index (χ1n) is 7.51. The van der Waals surface area contributed by atoms with Crippen molar-refractivity contribution in [3.63, 3.8) is 0 Å². The second kappa shape index (κ2) is 7.72. The Labute approximate surface area is 154 Å². The molecule has 3 aromatic rings. The zero-order valence-electron chi connectivity index (χ0n) is 13.4. The average Bonchev–Trinajstić information content (AvgIpc) is 3.01. The largest absolute Gasteiger partial charge is 0.495 e. The van der Waals surface area contributed by atoms with Crippen LogP contribution in [0.15, 0.2) is 36.9 Å². The van der Waals surface area contributed by atoms with Crippen LogP contribution >= 0.6 is 23.2 Å². The quantitative estimate of drug-likeness (QED) is 0.610. The van der Waals surface area contributed by atoms with E-state index in [1.807, 2.05) is 6.07 Å². The molecule has 8 heteroatoms. The van der Waals surface area contributed by atoms with E-state index >= 15 is 0 Å². The first-order valence-corrected chi connectivity index (χ1v) is 8.27. The highest BCUT2D eigenvalue weighted by atomic mass is 35.5. The van der Waals surface area contributed by atoms with Crippen molar-refractivity contribution in [2.75, 3.05) is 7.11 Å². The number of nitrogens with zero attached hydrogens (tertiary/aromatic N) is 3. The van der Waals surface area contributed by atoms with E-state index in [2.05, 4.69) is 9.97 Å². The summed E-state index contributed by atoms with van der Waals surface area (Å²) < 4.78 is 12.1. The van der Waals surface area contributed by atoms with Gasteiger partial charge in [0.1, 0.15) is 12.4 Å². The van der Waals surface area contributed by atoms with Gasteiger partial charge in [0, 0.05) is 25.0 Å². The zero-order chi connectivity index (χ0) is 17.8. The molecule has 0 bridgehead atoms. The Morgan fingerprint density at radius 3 is 2.88 bits per heavy atom. The van der Waals surface area contributed by atoms with Crippen LogP contribution in [0.2, 0.25) is 10.0 Å². The van der Waals surface area contributed by atoms with Crippen LogP contribution in [-0.4, -0.2) is 27.4 Å². The molecule has 0 atom stereocenters. The third-order valence-corrected chi connectivity index (χ3v) is 4.01. The van der Waals surface area contributed by atoms with Gasteiger partial charge in [-0.3, -0.25) is 9.78 Å². The number of hydrogen-bond donors (Lipinski definition) is 0. The summed E-state index contributed by atoms with van der Waals surface area (Å²) in [5.41, 5.74) is 2.07. The molecule has 0 aliphatic carbocycles. The molecular weight excluding hydrogens is 365 g/mol. The second-order valence-corrected chi connectivity index (χ2v) is 6.21. The first kappa shape index (κ1) is 17.5. The van der Waals surface area contributed by atoms with Crippen LogP contribution in [0.25, 0.3) is 5.65 Å². The lowest BCUT2D eigenvalue weighted by atomic mass is 10.1. The minimum Gasteiger partial charge on any atom is -0.495 e. The topological polar surface area (TPSA) is 65.7 Å². The molecule has 25 heavy (non-hydrogen) atoms. The van der Waals surface area contributed by atoms with Crippen LogP contribution in [0.3, 0.4) is 0 Å². The average molecular weight is 380 g/mol. The predicted molar refractivity (Wildman–Crippen MR) is 94.1 cm³/mol. The standard InChI is InChI=1S/C17H15Cl2N3O3/c1-24-14-4-11(6-20-7-14)2-3-16(23)25-10-13-9-22-8-12(18)5-15(19)17(22)21-13/h4-9H,2-3,10H2,1H3. The summed E-state index contributed by atoms with van der Waals surface area (Å²) in [4.78, 5) is 20.3. The number of imidazole rings is 1. The van der Waals surface area contributed by atoms with E-state index in [4.69, 9.17) is 32.7 Å². The highest BCUT2D eigenvalue weighted by Gasteiger charge is 2.10. The molecule has 0 aliphatic heterocycles. The van der Waals surface area contributed by atoms with Crippen LogP contribution < -0.4 is 4.74 Å². The maximum absolute atomic E-state index is 11.9. The van der Waals surface area contributed by atoms with E-state index in [0.29, 0.717) is 33.6 Å². The smallest absolute Gasteiger partial charge is 0.306 e. The Morgan fingerprint density at radius 1 is 1.24 bits per heavy atom. The van der Waals surface area contributed by atoms with Gasteiger partial charge in [-0.2, -0.15) is 0 Å². The van der Waals surface area contributed by atoms with Gasteiger partial charge in [0.2, 0.25) is 0 Å². The van der Waals surface area contributed by atoms with Crippen molar-refractivity contribution in [3.8, 4) is 5.75 Å². The van der Waals surface area contributed by atoms with Crippen molar-refractivity contribution in [1.29, 1.82) is 0 Å². The van der Waals surface area contributed by atoms with E-state index in [-0.39, 0.29) is 19.0 Å². The van der Waals surface area contributed by atoms with Crippen molar-refractivity contribution in [3.05, 3.63) is 58.2 Å². The summed E-state index contributed by atoms with van der Waals surface area (Å²) in [6.07, 6.45) is 7.50.